The van der Waals surface area contributed by atoms with Gasteiger partial charge in [0.2, 0.25) is 0 Å². The molecule has 0 aliphatic heterocycles. The van der Waals surface area contributed by atoms with E-state index in [9.17, 15) is 4.21 Å². The van der Waals surface area contributed by atoms with Gasteiger partial charge in [0.05, 0.1) is 29.9 Å². The van der Waals surface area contributed by atoms with Crippen molar-refractivity contribution in [3.8, 4) is 11.5 Å². The van der Waals surface area contributed by atoms with Crippen LogP contribution in [0.2, 0.25) is 0 Å². The zero-order valence-electron chi connectivity index (χ0n) is 9.78. The minimum absolute atomic E-state index is 0.536. The molecule has 0 amide bonds. The van der Waals surface area contributed by atoms with Crippen LogP contribution in [0.1, 0.15) is 5.56 Å². The van der Waals surface area contributed by atoms with Gasteiger partial charge < -0.3 is 15.2 Å². The first-order valence-corrected chi connectivity index (χ1v) is 6.48. The van der Waals surface area contributed by atoms with Crippen molar-refractivity contribution in [1.29, 1.82) is 0 Å². The summed E-state index contributed by atoms with van der Waals surface area (Å²) in [7, 11) is 2.05. The van der Waals surface area contributed by atoms with E-state index in [1.165, 1.54) is 0 Å². The van der Waals surface area contributed by atoms with Gasteiger partial charge in [-0.1, -0.05) is 0 Å². The lowest BCUT2D eigenvalue weighted by Crippen LogP contribution is -2.06. The Bertz CT molecular complexity index is 393. The predicted molar refractivity (Wildman–Crippen MR) is 64.6 cm³/mol. The van der Waals surface area contributed by atoms with Crippen molar-refractivity contribution in [1.82, 2.24) is 0 Å². The molecule has 0 spiro atoms. The Morgan fingerprint density at radius 1 is 1.25 bits per heavy atom. The molecule has 0 radical (unpaired) electrons. The number of hydrogen-bond acceptors (Lipinski definition) is 4. The largest absolute Gasteiger partial charge is 0.496 e. The average Bonchev–Trinajstić information content (AvgIpc) is 2.28. The summed E-state index contributed by atoms with van der Waals surface area (Å²) < 4.78 is 22.0. The second kappa shape index (κ2) is 5.86. The Morgan fingerprint density at radius 3 is 2.31 bits per heavy atom. The first-order valence-electron chi connectivity index (χ1n) is 4.92. The van der Waals surface area contributed by atoms with E-state index in [2.05, 4.69) is 0 Å². The van der Waals surface area contributed by atoms with Crippen LogP contribution in [-0.2, 0) is 17.2 Å². The standard InChI is InChI=1S/C11H17NO3S/c1-14-9-7-11(16(3)13)10(15-2)6-8(9)4-5-12/h6-7H,4-5,12H2,1-3H3. The molecule has 1 aromatic carbocycles. The van der Waals surface area contributed by atoms with Crippen LogP contribution >= 0.6 is 0 Å². The van der Waals surface area contributed by atoms with Gasteiger partial charge in [-0.3, -0.25) is 4.21 Å². The quantitative estimate of drug-likeness (QED) is 0.836. The van der Waals surface area contributed by atoms with Gasteiger partial charge in [-0.15, -0.1) is 0 Å². The Balaban J connectivity index is 3.28. The van der Waals surface area contributed by atoms with Gasteiger partial charge in [0.15, 0.2) is 0 Å². The van der Waals surface area contributed by atoms with Gasteiger partial charge in [0.25, 0.3) is 0 Å². The second-order valence-corrected chi connectivity index (χ2v) is 4.66. The summed E-state index contributed by atoms with van der Waals surface area (Å²) in [5.74, 6) is 1.32. The minimum Gasteiger partial charge on any atom is -0.496 e. The highest BCUT2D eigenvalue weighted by molar-refractivity contribution is 7.84. The molecule has 0 saturated carbocycles. The molecule has 4 nitrogen and oxygen atoms in total. The highest BCUT2D eigenvalue weighted by Crippen LogP contribution is 2.30. The van der Waals surface area contributed by atoms with Crippen LogP contribution in [0.3, 0.4) is 0 Å². The average molecular weight is 243 g/mol. The topological polar surface area (TPSA) is 61.5 Å². The summed E-state index contributed by atoms with van der Waals surface area (Å²) in [6, 6.07) is 3.59. The third-order valence-corrected chi connectivity index (χ3v) is 3.23. The van der Waals surface area contributed by atoms with Gasteiger partial charge in [-0.05, 0) is 24.6 Å². The Morgan fingerprint density at radius 2 is 1.88 bits per heavy atom. The molecule has 0 fully saturated rings. The van der Waals surface area contributed by atoms with E-state index < -0.39 is 10.8 Å². The number of nitrogens with two attached hydrogens (primary N) is 1. The molecule has 0 saturated heterocycles. The summed E-state index contributed by atoms with van der Waals surface area (Å²) in [6.45, 7) is 0.536. The normalized spacial score (nSPS) is 12.2. The fraction of sp³-hybridized carbons (Fsp3) is 0.455. The smallest absolute Gasteiger partial charge is 0.135 e. The van der Waals surface area contributed by atoms with E-state index in [-0.39, 0.29) is 0 Å². The molecule has 0 aromatic heterocycles. The molecule has 0 aliphatic rings. The molecule has 2 N–H and O–H groups in total. The molecule has 5 heteroatoms. The summed E-state index contributed by atoms with van der Waals surface area (Å²) in [5.41, 5.74) is 6.49. The van der Waals surface area contributed by atoms with Gasteiger partial charge in [-0.25, -0.2) is 0 Å². The van der Waals surface area contributed by atoms with E-state index >= 15 is 0 Å². The van der Waals surface area contributed by atoms with Crippen molar-refractivity contribution >= 4 is 10.8 Å². The summed E-state index contributed by atoms with van der Waals surface area (Å²) in [4.78, 5) is 0.639. The monoisotopic (exact) mass is 243 g/mol. The summed E-state index contributed by atoms with van der Waals surface area (Å²) in [5, 5.41) is 0. The Hall–Kier alpha value is -1.07. The number of hydrogen-bond donors (Lipinski definition) is 1. The lowest BCUT2D eigenvalue weighted by molar-refractivity contribution is 0.390. The maximum absolute atomic E-state index is 11.5. The summed E-state index contributed by atoms with van der Waals surface area (Å²) in [6.07, 6.45) is 2.32. The first-order chi connectivity index (χ1) is 7.63. The number of methoxy groups -OCH3 is 2. The molecule has 1 rings (SSSR count). The minimum atomic E-state index is -1.10. The van der Waals surface area contributed by atoms with E-state index in [0.29, 0.717) is 29.4 Å². The zero-order valence-corrected chi connectivity index (χ0v) is 10.6. The van der Waals surface area contributed by atoms with Crippen molar-refractivity contribution in [2.75, 3.05) is 27.0 Å². The Labute approximate surface area is 98.2 Å². The number of benzene rings is 1. The molecular formula is C11H17NO3S. The molecule has 0 heterocycles. The molecule has 1 unspecified atom stereocenters. The highest BCUT2D eigenvalue weighted by Gasteiger charge is 2.13. The van der Waals surface area contributed by atoms with Crippen LogP contribution < -0.4 is 15.2 Å². The molecule has 1 atom stereocenters. The van der Waals surface area contributed by atoms with E-state index in [4.69, 9.17) is 15.2 Å². The van der Waals surface area contributed by atoms with Crippen LogP contribution in [0.25, 0.3) is 0 Å². The van der Waals surface area contributed by atoms with Crippen molar-refractivity contribution in [2.45, 2.75) is 11.3 Å². The molecule has 1 aromatic rings. The van der Waals surface area contributed by atoms with Crippen LogP contribution in [0, 0.1) is 0 Å². The fourth-order valence-electron chi connectivity index (χ4n) is 1.51. The molecule has 90 valence electrons. The van der Waals surface area contributed by atoms with Gasteiger partial charge in [-0.2, -0.15) is 0 Å². The first kappa shape index (κ1) is 13.0. The van der Waals surface area contributed by atoms with Crippen molar-refractivity contribution in [3.63, 3.8) is 0 Å². The van der Waals surface area contributed by atoms with Crippen LogP contribution in [0.5, 0.6) is 11.5 Å². The lowest BCUT2D eigenvalue weighted by atomic mass is 10.1. The molecular weight excluding hydrogens is 226 g/mol. The van der Waals surface area contributed by atoms with Crippen LogP contribution in [0.15, 0.2) is 17.0 Å². The van der Waals surface area contributed by atoms with E-state index in [1.54, 1.807) is 26.5 Å². The molecule has 0 bridgehead atoms. The predicted octanol–water partition coefficient (Wildman–Crippen LogP) is 0.942. The van der Waals surface area contributed by atoms with Crippen LogP contribution in [0.4, 0.5) is 0 Å². The second-order valence-electron chi connectivity index (χ2n) is 3.31. The maximum atomic E-state index is 11.5. The lowest BCUT2D eigenvalue weighted by Gasteiger charge is -2.13. The van der Waals surface area contributed by atoms with Gasteiger partial charge in [0, 0.05) is 12.3 Å². The van der Waals surface area contributed by atoms with E-state index in [0.717, 1.165) is 5.56 Å². The molecule has 16 heavy (non-hydrogen) atoms. The number of ether oxygens (including phenoxy) is 2. The van der Waals surface area contributed by atoms with Crippen LogP contribution in [-0.4, -0.2) is 31.2 Å². The number of rotatable bonds is 5. The fourth-order valence-corrected chi connectivity index (χ4v) is 2.21. The maximum Gasteiger partial charge on any atom is 0.135 e. The Kier molecular flexibility index (Phi) is 4.76. The summed E-state index contributed by atoms with van der Waals surface area (Å²) >= 11 is 0. The van der Waals surface area contributed by atoms with Crippen molar-refractivity contribution in [2.24, 2.45) is 5.73 Å². The van der Waals surface area contributed by atoms with E-state index in [1.807, 2.05) is 6.07 Å². The SMILES string of the molecule is COc1cc(S(C)=O)c(OC)cc1CCN. The van der Waals surface area contributed by atoms with Gasteiger partial charge >= 0.3 is 0 Å². The van der Waals surface area contributed by atoms with Crippen molar-refractivity contribution < 1.29 is 13.7 Å². The zero-order chi connectivity index (χ0) is 12.1. The van der Waals surface area contributed by atoms with Gasteiger partial charge in [0.1, 0.15) is 11.5 Å². The third kappa shape index (κ3) is 2.74. The highest BCUT2D eigenvalue weighted by atomic mass is 32.2. The third-order valence-electron chi connectivity index (χ3n) is 2.29. The van der Waals surface area contributed by atoms with Crippen molar-refractivity contribution in [3.05, 3.63) is 17.7 Å². The molecule has 0 aliphatic carbocycles.